The Hall–Kier alpha value is -0.920. The number of halogens is 2. The first-order valence-corrected chi connectivity index (χ1v) is 9.57. The monoisotopic (exact) mass is 320 g/mol. The van der Waals surface area contributed by atoms with Crippen molar-refractivity contribution in [2.75, 3.05) is 6.67 Å². The van der Waals surface area contributed by atoms with Crippen LogP contribution in [0.3, 0.4) is 0 Å². The van der Waals surface area contributed by atoms with Crippen molar-refractivity contribution in [3.05, 3.63) is 35.6 Å². The predicted octanol–water partition coefficient (Wildman–Crippen LogP) is 6.66. The fraction of sp³-hybridized carbons (Fsp3) is 0.714. The molecule has 2 aliphatic rings. The van der Waals surface area contributed by atoms with E-state index in [0.29, 0.717) is 5.92 Å². The maximum Gasteiger partial charge on any atom is 0.123 e. The first-order chi connectivity index (χ1) is 11.3. The van der Waals surface area contributed by atoms with Crippen LogP contribution >= 0.6 is 0 Å². The number of hydrogen-bond donors (Lipinski definition) is 0. The van der Waals surface area contributed by atoms with Crippen LogP contribution in [0.5, 0.6) is 0 Å². The molecule has 23 heavy (non-hydrogen) atoms. The lowest BCUT2D eigenvalue weighted by Gasteiger charge is -2.38. The van der Waals surface area contributed by atoms with Crippen LogP contribution in [0.25, 0.3) is 0 Å². The van der Waals surface area contributed by atoms with Crippen LogP contribution in [-0.4, -0.2) is 6.67 Å². The average Bonchev–Trinajstić information content (AvgIpc) is 2.61. The van der Waals surface area contributed by atoms with Crippen LogP contribution in [0.4, 0.5) is 8.78 Å². The summed E-state index contributed by atoms with van der Waals surface area (Å²) in [6.07, 6.45) is 12.4. The summed E-state index contributed by atoms with van der Waals surface area (Å²) in [5.74, 6) is 3.09. The molecule has 2 fully saturated rings. The Morgan fingerprint density at radius 1 is 0.783 bits per heavy atom. The van der Waals surface area contributed by atoms with Gasteiger partial charge in [-0.25, -0.2) is 4.39 Å². The molecule has 128 valence electrons. The summed E-state index contributed by atoms with van der Waals surface area (Å²) >= 11 is 0. The molecule has 0 atom stereocenters. The van der Waals surface area contributed by atoms with E-state index in [1.807, 2.05) is 12.1 Å². The van der Waals surface area contributed by atoms with Crippen molar-refractivity contribution in [2.45, 2.75) is 70.1 Å². The summed E-state index contributed by atoms with van der Waals surface area (Å²) in [4.78, 5) is 0. The van der Waals surface area contributed by atoms with Crippen molar-refractivity contribution < 1.29 is 8.78 Å². The molecule has 0 heterocycles. The molecular formula is C21H30F2. The zero-order chi connectivity index (χ0) is 16.1. The van der Waals surface area contributed by atoms with Crippen LogP contribution < -0.4 is 0 Å². The summed E-state index contributed by atoms with van der Waals surface area (Å²) in [6, 6.07) is 7.13. The van der Waals surface area contributed by atoms with Gasteiger partial charge < -0.3 is 0 Å². The molecule has 2 heteroatoms. The first-order valence-electron chi connectivity index (χ1n) is 9.57. The van der Waals surface area contributed by atoms with Gasteiger partial charge in [0.25, 0.3) is 0 Å². The lowest BCUT2D eigenvalue weighted by Crippen LogP contribution is -2.25. The van der Waals surface area contributed by atoms with Gasteiger partial charge in [0.05, 0.1) is 6.67 Å². The van der Waals surface area contributed by atoms with E-state index in [2.05, 4.69) is 0 Å². The van der Waals surface area contributed by atoms with Gasteiger partial charge in [0, 0.05) is 0 Å². The molecule has 2 aliphatic carbocycles. The third-order valence-corrected chi connectivity index (χ3v) is 6.42. The number of rotatable bonds is 5. The van der Waals surface area contributed by atoms with Crippen LogP contribution in [0, 0.1) is 23.6 Å². The zero-order valence-electron chi connectivity index (χ0n) is 14.2. The Morgan fingerprint density at radius 2 is 1.35 bits per heavy atom. The van der Waals surface area contributed by atoms with Gasteiger partial charge in [0.15, 0.2) is 0 Å². The minimum atomic E-state index is -0.146. The molecule has 0 unspecified atom stereocenters. The van der Waals surface area contributed by atoms with Crippen molar-refractivity contribution in [2.24, 2.45) is 17.8 Å². The van der Waals surface area contributed by atoms with Crippen LogP contribution in [0.15, 0.2) is 24.3 Å². The molecule has 0 radical (unpaired) electrons. The largest absolute Gasteiger partial charge is 0.251 e. The van der Waals surface area contributed by atoms with E-state index < -0.39 is 0 Å². The second kappa shape index (κ2) is 8.26. The molecule has 0 aliphatic heterocycles. The van der Waals surface area contributed by atoms with Crippen molar-refractivity contribution in [3.8, 4) is 0 Å². The highest BCUT2D eigenvalue weighted by Gasteiger charge is 2.31. The Labute approximate surface area is 139 Å². The van der Waals surface area contributed by atoms with Gasteiger partial charge in [-0.15, -0.1) is 0 Å². The van der Waals surface area contributed by atoms with Crippen molar-refractivity contribution in [1.82, 2.24) is 0 Å². The molecule has 0 nitrogen and oxygen atoms in total. The van der Waals surface area contributed by atoms with Gasteiger partial charge in [0.1, 0.15) is 5.82 Å². The lowest BCUT2D eigenvalue weighted by atomic mass is 9.68. The topological polar surface area (TPSA) is 0 Å². The molecule has 0 saturated heterocycles. The van der Waals surface area contributed by atoms with Crippen molar-refractivity contribution >= 4 is 0 Å². The van der Waals surface area contributed by atoms with Crippen LogP contribution in [-0.2, 0) is 0 Å². The zero-order valence-corrected chi connectivity index (χ0v) is 14.2. The molecule has 0 spiro atoms. The quantitative estimate of drug-likeness (QED) is 0.569. The van der Waals surface area contributed by atoms with E-state index in [1.54, 1.807) is 12.1 Å². The summed E-state index contributed by atoms with van der Waals surface area (Å²) in [7, 11) is 0. The van der Waals surface area contributed by atoms with Crippen molar-refractivity contribution in [3.63, 3.8) is 0 Å². The van der Waals surface area contributed by atoms with Gasteiger partial charge >= 0.3 is 0 Å². The molecule has 0 bridgehead atoms. The highest BCUT2D eigenvalue weighted by Crippen LogP contribution is 2.44. The summed E-state index contributed by atoms with van der Waals surface area (Å²) in [5, 5.41) is 0. The SMILES string of the molecule is FCCCC1CCC(C2CCC(c3ccc(F)cc3)CC2)CC1. The third kappa shape index (κ3) is 4.55. The van der Waals surface area contributed by atoms with E-state index in [1.165, 1.54) is 56.9 Å². The maximum absolute atomic E-state index is 13.0. The lowest BCUT2D eigenvalue weighted by molar-refractivity contribution is 0.155. The molecule has 1 aromatic carbocycles. The van der Waals surface area contributed by atoms with E-state index in [0.717, 1.165) is 30.6 Å². The summed E-state index contributed by atoms with van der Waals surface area (Å²) < 4.78 is 25.3. The molecular weight excluding hydrogens is 290 g/mol. The predicted molar refractivity (Wildman–Crippen MR) is 91.8 cm³/mol. The highest BCUT2D eigenvalue weighted by molar-refractivity contribution is 5.20. The fourth-order valence-electron chi connectivity index (χ4n) is 4.97. The molecule has 1 aromatic rings. The summed E-state index contributed by atoms with van der Waals surface area (Å²) in [5.41, 5.74) is 1.32. The van der Waals surface area contributed by atoms with E-state index in [-0.39, 0.29) is 12.5 Å². The average molecular weight is 320 g/mol. The Balaban J connectivity index is 1.43. The number of alkyl halides is 1. The van der Waals surface area contributed by atoms with E-state index >= 15 is 0 Å². The molecule has 0 aromatic heterocycles. The second-order valence-corrected chi connectivity index (χ2v) is 7.78. The smallest absolute Gasteiger partial charge is 0.123 e. The molecule has 2 saturated carbocycles. The van der Waals surface area contributed by atoms with E-state index in [4.69, 9.17) is 0 Å². The molecule has 0 amide bonds. The third-order valence-electron chi connectivity index (χ3n) is 6.42. The first kappa shape index (κ1) is 16.9. The summed E-state index contributed by atoms with van der Waals surface area (Å²) in [6.45, 7) is -0.146. The normalized spacial score (nSPS) is 31.9. The van der Waals surface area contributed by atoms with Crippen LogP contribution in [0.2, 0.25) is 0 Å². The van der Waals surface area contributed by atoms with Gasteiger partial charge in [-0.1, -0.05) is 25.0 Å². The van der Waals surface area contributed by atoms with Crippen molar-refractivity contribution in [1.29, 1.82) is 0 Å². The molecule has 3 rings (SSSR count). The minimum Gasteiger partial charge on any atom is -0.251 e. The van der Waals surface area contributed by atoms with Crippen LogP contribution in [0.1, 0.15) is 75.7 Å². The second-order valence-electron chi connectivity index (χ2n) is 7.78. The highest BCUT2D eigenvalue weighted by atomic mass is 19.1. The fourth-order valence-corrected chi connectivity index (χ4v) is 4.97. The van der Waals surface area contributed by atoms with Gasteiger partial charge in [-0.05, 0) is 92.7 Å². The number of benzene rings is 1. The van der Waals surface area contributed by atoms with Gasteiger partial charge in [-0.3, -0.25) is 4.39 Å². The Morgan fingerprint density at radius 3 is 1.91 bits per heavy atom. The van der Waals surface area contributed by atoms with Gasteiger partial charge in [0.2, 0.25) is 0 Å². The number of hydrogen-bond acceptors (Lipinski definition) is 0. The molecule has 0 N–H and O–H groups in total. The van der Waals surface area contributed by atoms with E-state index in [9.17, 15) is 8.78 Å². The maximum atomic E-state index is 13.0. The van der Waals surface area contributed by atoms with Gasteiger partial charge in [-0.2, -0.15) is 0 Å². The standard InChI is InChI=1S/C21H30F2/c22-15-1-2-16-3-5-17(6-4-16)18-7-9-19(10-8-18)20-11-13-21(23)14-12-20/h11-14,16-19H,1-10,15H2. The Bertz CT molecular complexity index is 451. The Kier molecular flexibility index (Phi) is 6.08. The minimum absolute atomic E-state index is 0.132.